The Balaban J connectivity index is 0.00000161. The van der Waals surface area contributed by atoms with Gasteiger partial charge < -0.3 is 11.1 Å². The summed E-state index contributed by atoms with van der Waals surface area (Å²) in [7, 11) is -3.60. The Hall–Kier alpha value is -1.15. The van der Waals surface area contributed by atoms with Gasteiger partial charge in [-0.15, -0.1) is 12.4 Å². The Bertz CT molecular complexity index is 667. The van der Waals surface area contributed by atoms with Crippen LogP contribution < -0.4 is 15.8 Å². The Morgan fingerprint density at radius 1 is 1.33 bits per heavy atom. The van der Waals surface area contributed by atoms with Crippen molar-refractivity contribution in [2.24, 2.45) is 17.6 Å². The summed E-state index contributed by atoms with van der Waals surface area (Å²) in [4.78, 5) is 11.4. The van der Waals surface area contributed by atoms with Crippen molar-refractivity contribution >= 4 is 28.3 Å². The average molecular weight is 332 g/mol. The number of primary amides is 1. The maximum absolute atomic E-state index is 12.3. The van der Waals surface area contributed by atoms with Crippen LogP contribution in [0.25, 0.3) is 0 Å². The Morgan fingerprint density at radius 2 is 1.95 bits per heavy atom. The van der Waals surface area contributed by atoms with Gasteiger partial charge in [0, 0.05) is 11.6 Å². The lowest BCUT2D eigenvalue weighted by Crippen LogP contribution is -2.32. The van der Waals surface area contributed by atoms with Crippen LogP contribution in [0, 0.1) is 18.8 Å². The predicted octanol–water partition coefficient (Wildman–Crippen LogP) is 0.0118. The molecule has 4 N–H and O–H groups in total. The van der Waals surface area contributed by atoms with E-state index in [1.165, 1.54) is 12.1 Å². The molecule has 3 rings (SSSR count). The molecule has 116 valence electrons. The van der Waals surface area contributed by atoms with E-state index < -0.39 is 15.9 Å². The third kappa shape index (κ3) is 2.91. The number of sulfonamides is 1. The van der Waals surface area contributed by atoms with Crippen LogP contribution in [0.4, 0.5) is 0 Å². The highest BCUT2D eigenvalue weighted by Gasteiger charge is 2.54. The highest BCUT2D eigenvalue weighted by atomic mass is 35.5. The van der Waals surface area contributed by atoms with Crippen LogP contribution in [0.1, 0.15) is 15.9 Å². The number of hydrogen-bond donors (Lipinski definition) is 3. The van der Waals surface area contributed by atoms with Gasteiger partial charge >= 0.3 is 0 Å². The van der Waals surface area contributed by atoms with Crippen LogP contribution in [0.2, 0.25) is 0 Å². The molecule has 1 saturated heterocycles. The lowest BCUT2D eigenvalue weighted by Gasteiger charge is -2.10. The van der Waals surface area contributed by atoms with Crippen molar-refractivity contribution in [3.8, 4) is 0 Å². The fourth-order valence-electron chi connectivity index (χ4n) is 2.87. The summed E-state index contributed by atoms with van der Waals surface area (Å²) in [5.74, 6) is 0.170. The van der Waals surface area contributed by atoms with E-state index in [0.29, 0.717) is 17.4 Å². The van der Waals surface area contributed by atoms with E-state index >= 15 is 0 Å². The number of benzene rings is 1. The van der Waals surface area contributed by atoms with E-state index in [1.807, 2.05) is 0 Å². The zero-order valence-corrected chi connectivity index (χ0v) is 13.1. The van der Waals surface area contributed by atoms with Crippen LogP contribution in [0.3, 0.4) is 0 Å². The first-order valence-corrected chi connectivity index (χ1v) is 8.02. The highest BCUT2D eigenvalue weighted by Crippen LogP contribution is 2.42. The van der Waals surface area contributed by atoms with Gasteiger partial charge in [0.15, 0.2) is 0 Å². The summed E-state index contributed by atoms with van der Waals surface area (Å²) >= 11 is 0. The zero-order chi connectivity index (χ0) is 14.5. The van der Waals surface area contributed by atoms with Crippen molar-refractivity contribution in [3.05, 3.63) is 29.3 Å². The molecule has 0 aromatic heterocycles. The zero-order valence-electron chi connectivity index (χ0n) is 11.5. The smallest absolute Gasteiger partial charge is 0.249 e. The minimum absolute atomic E-state index is 0. The first-order valence-electron chi connectivity index (χ1n) is 6.53. The molecule has 1 saturated carbocycles. The van der Waals surface area contributed by atoms with Crippen molar-refractivity contribution in [1.82, 2.24) is 10.0 Å². The molecule has 1 aromatic rings. The lowest BCUT2D eigenvalue weighted by molar-refractivity contribution is 0.0999. The second-order valence-corrected chi connectivity index (χ2v) is 7.19. The van der Waals surface area contributed by atoms with Gasteiger partial charge in [-0.3, -0.25) is 4.79 Å². The van der Waals surface area contributed by atoms with Gasteiger partial charge in [0.25, 0.3) is 0 Å². The number of halogens is 1. The van der Waals surface area contributed by atoms with Gasteiger partial charge in [0.1, 0.15) is 0 Å². The minimum atomic E-state index is -3.60. The number of hydrogen-bond acceptors (Lipinski definition) is 4. The molecule has 1 aliphatic carbocycles. The van der Waals surface area contributed by atoms with E-state index in [0.717, 1.165) is 13.1 Å². The molecule has 1 heterocycles. The van der Waals surface area contributed by atoms with Crippen molar-refractivity contribution in [1.29, 1.82) is 0 Å². The molecule has 2 fully saturated rings. The molecule has 21 heavy (non-hydrogen) atoms. The standard InChI is InChI=1S/C13H17N3O3S.ClH/c1-7-2-3-8(4-9(7)13(14)17)20(18,19)16-12-10-5-15-6-11(10)12;/h2-4,10-12,15-16H,5-6H2,1H3,(H2,14,17);1H. The summed E-state index contributed by atoms with van der Waals surface area (Å²) in [6.07, 6.45) is 0. The number of nitrogens with two attached hydrogens (primary N) is 1. The molecule has 2 atom stereocenters. The maximum Gasteiger partial charge on any atom is 0.249 e. The second-order valence-electron chi connectivity index (χ2n) is 5.47. The normalized spacial score (nSPS) is 26.8. The fraction of sp³-hybridized carbons (Fsp3) is 0.462. The largest absolute Gasteiger partial charge is 0.366 e. The number of fused-ring (bicyclic) bond motifs is 1. The van der Waals surface area contributed by atoms with Crippen LogP contribution in [0.15, 0.2) is 23.1 Å². The third-order valence-corrected chi connectivity index (χ3v) is 5.62. The predicted molar refractivity (Wildman–Crippen MR) is 80.9 cm³/mol. The Kier molecular flexibility index (Phi) is 4.30. The number of piperidine rings is 1. The average Bonchev–Trinajstić information content (AvgIpc) is 2.83. The van der Waals surface area contributed by atoms with Gasteiger partial charge in [-0.05, 0) is 49.5 Å². The lowest BCUT2D eigenvalue weighted by atomic mass is 10.1. The molecule has 2 aliphatic rings. The van der Waals surface area contributed by atoms with E-state index in [9.17, 15) is 13.2 Å². The SMILES string of the molecule is Cc1ccc(S(=O)(=O)NC2C3CNCC32)cc1C(N)=O.Cl. The molecular weight excluding hydrogens is 314 g/mol. The van der Waals surface area contributed by atoms with E-state index in [2.05, 4.69) is 10.0 Å². The number of carbonyl (C=O) groups excluding carboxylic acids is 1. The molecule has 0 spiro atoms. The topological polar surface area (TPSA) is 101 Å². The molecule has 6 nitrogen and oxygen atoms in total. The highest BCUT2D eigenvalue weighted by molar-refractivity contribution is 7.89. The summed E-state index contributed by atoms with van der Waals surface area (Å²) in [6.45, 7) is 3.44. The molecule has 0 radical (unpaired) electrons. The number of aryl methyl sites for hydroxylation is 1. The Labute approximate surface area is 129 Å². The van der Waals surface area contributed by atoms with Gasteiger partial charge in [-0.2, -0.15) is 0 Å². The summed E-state index contributed by atoms with van der Waals surface area (Å²) in [5, 5.41) is 3.21. The van der Waals surface area contributed by atoms with Gasteiger partial charge in [-0.25, -0.2) is 13.1 Å². The fourth-order valence-corrected chi connectivity index (χ4v) is 4.24. The first kappa shape index (κ1) is 16.2. The monoisotopic (exact) mass is 331 g/mol. The minimum Gasteiger partial charge on any atom is -0.366 e. The van der Waals surface area contributed by atoms with E-state index in [4.69, 9.17) is 5.73 Å². The molecule has 1 amide bonds. The van der Waals surface area contributed by atoms with Gasteiger partial charge in [-0.1, -0.05) is 6.07 Å². The van der Waals surface area contributed by atoms with Crippen molar-refractivity contribution in [2.45, 2.75) is 17.9 Å². The quantitative estimate of drug-likeness (QED) is 0.723. The van der Waals surface area contributed by atoms with Crippen molar-refractivity contribution in [2.75, 3.05) is 13.1 Å². The van der Waals surface area contributed by atoms with Crippen LogP contribution in [-0.4, -0.2) is 33.5 Å². The molecule has 8 heteroatoms. The summed E-state index contributed by atoms with van der Waals surface area (Å²) in [6, 6.07) is 4.46. The molecule has 1 aliphatic heterocycles. The van der Waals surface area contributed by atoms with Crippen LogP contribution in [-0.2, 0) is 10.0 Å². The third-order valence-electron chi connectivity index (χ3n) is 4.17. The number of nitrogens with one attached hydrogen (secondary N) is 2. The van der Waals surface area contributed by atoms with Crippen molar-refractivity contribution < 1.29 is 13.2 Å². The molecular formula is C13H18ClN3O3S. The molecule has 1 aromatic carbocycles. The Morgan fingerprint density at radius 3 is 2.52 bits per heavy atom. The second kappa shape index (κ2) is 5.57. The number of carbonyl (C=O) groups is 1. The van der Waals surface area contributed by atoms with E-state index in [1.54, 1.807) is 13.0 Å². The van der Waals surface area contributed by atoms with Crippen LogP contribution in [0.5, 0.6) is 0 Å². The first-order chi connectivity index (χ1) is 9.40. The van der Waals surface area contributed by atoms with Crippen molar-refractivity contribution in [3.63, 3.8) is 0 Å². The number of amides is 1. The molecule has 0 bridgehead atoms. The summed E-state index contributed by atoms with van der Waals surface area (Å²) < 4.78 is 27.3. The van der Waals surface area contributed by atoms with Crippen LogP contribution >= 0.6 is 12.4 Å². The summed E-state index contributed by atoms with van der Waals surface area (Å²) in [5.41, 5.74) is 6.16. The van der Waals surface area contributed by atoms with Gasteiger partial charge in [0.2, 0.25) is 15.9 Å². The number of rotatable bonds is 4. The maximum atomic E-state index is 12.3. The van der Waals surface area contributed by atoms with E-state index in [-0.39, 0.29) is 28.9 Å². The van der Waals surface area contributed by atoms with Gasteiger partial charge in [0.05, 0.1) is 4.90 Å². The molecule has 2 unspecified atom stereocenters.